The molecule has 0 spiro atoms. The minimum atomic E-state index is -3.83. The average Bonchev–Trinajstić information content (AvgIpc) is 3.17. The van der Waals surface area contributed by atoms with Crippen LogP contribution in [0.5, 0.6) is 0 Å². The molecular weight excluding hydrogens is 342 g/mol. The van der Waals surface area contributed by atoms with E-state index in [9.17, 15) is 13.2 Å². The van der Waals surface area contributed by atoms with E-state index in [4.69, 9.17) is 4.52 Å². The lowest BCUT2D eigenvalue weighted by Gasteiger charge is -2.23. The average molecular weight is 363 g/mol. The molecule has 7 nitrogen and oxygen atoms in total. The highest BCUT2D eigenvalue weighted by Crippen LogP contribution is 2.30. The largest absolute Gasteiger partial charge is 0.360 e. The Hall–Kier alpha value is -2.19. The minimum absolute atomic E-state index is 0.0579. The van der Waals surface area contributed by atoms with E-state index in [-0.39, 0.29) is 16.6 Å². The Kier molecular flexibility index (Phi) is 4.66. The maximum absolute atomic E-state index is 13.0. The molecule has 3 rings (SSSR count). The second-order valence-corrected chi connectivity index (χ2v) is 8.11. The van der Waals surface area contributed by atoms with Gasteiger partial charge in [0, 0.05) is 12.2 Å². The third kappa shape index (κ3) is 3.32. The molecule has 0 aliphatic carbocycles. The number of anilines is 1. The van der Waals surface area contributed by atoms with Crippen LogP contribution in [-0.2, 0) is 14.8 Å². The highest BCUT2D eigenvalue weighted by molar-refractivity contribution is 7.89. The molecule has 1 amide bonds. The van der Waals surface area contributed by atoms with Crippen molar-refractivity contribution in [1.82, 2.24) is 9.46 Å². The molecule has 2 heterocycles. The van der Waals surface area contributed by atoms with Crippen molar-refractivity contribution in [3.63, 3.8) is 0 Å². The summed E-state index contributed by atoms with van der Waals surface area (Å²) < 4.78 is 32.2. The van der Waals surface area contributed by atoms with Gasteiger partial charge < -0.3 is 9.84 Å². The smallest absolute Gasteiger partial charge is 0.249 e. The molecule has 1 fully saturated rings. The van der Waals surface area contributed by atoms with Crippen molar-refractivity contribution < 1.29 is 17.7 Å². The minimum Gasteiger partial charge on any atom is -0.360 e. The first-order valence-corrected chi connectivity index (χ1v) is 9.57. The van der Waals surface area contributed by atoms with Crippen LogP contribution in [0.4, 0.5) is 5.69 Å². The summed E-state index contributed by atoms with van der Waals surface area (Å²) in [5.41, 5.74) is 2.04. The highest BCUT2D eigenvalue weighted by atomic mass is 32.2. The van der Waals surface area contributed by atoms with Crippen LogP contribution in [-0.4, -0.2) is 36.4 Å². The van der Waals surface area contributed by atoms with Gasteiger partial charge in [-0.25, -0.2) is 8.42 Å². The molecule has 1 N–H and O–H groups in total. The van der Waals surface area contributed by atoms with Gasteiger partial charge in [-0.3, -0.25) is 4.79 Å². The number of sulfonamides is 1. The van der Waals surface area contributed by atoms with E-state index < -0.39 is 16.1 Å². The number of carbonyl (C=O) groups excluding carboxylic acids is 1. The van der Waals surface area contributed by atoms with Crippen LogP contribution in [0.3, 0.4) is 0 Å². The van der Waals surface area contributed by atoms with Crippen LogP contribution in [0, 0.1) is 20.8 Å². The van der Waals surface area contributed by atoms with Crippen molar-refractivity contribution in [3.05, 3.63) is 41.3 Å². The molecule has 1 aromatic carbocycles. The van der Waals surface area contributed by atoms with E-state index in [0.717, 1.165) is 5.56 Å². The van der Waals surface area contributed by atoms with Crippen molar-refractivity contribution in [2.75, 3.05) is 11.9 Å². The number of benzene rings is 1. The number of hydrogen-bond acceptors (Lipinski definition) is 5. The lowest BCUT2D eigenvalue weighted by molar-refractivity contribution is -0.119. The van der Waals surface area contributed by atoms with Gasteiger partial charge >= 0.3 is 0 Å². The van der Waals surface area contributed by atoms with Gasteiger partial charge in [-0.2, -0.15) is 4.31 Å². The van der Waals surface area contributed by atoms with Crippen molar-refractivity contribution in [2.24, 2.45) is 0 Å². The van der Waals surface area contributed by atoms with Gasteiger partial charge in [-0.05, 0) is 45.7 Å². The standard InChI is InChI=1S/C17H21N3O4S/c1-11-6-8-14(9-7-11)18-17(21)15-5-4-10-20(15)25(22,23)16-12(2)19-24-13(16)3/h6-9,15H,4-5,10H2,1-3H3,(H,18,21). The highest BCUT2D eigenvalue weighted by Gasteiger charge is 2.41. The fraction of sp³-hybridized carbons (Fsp3) is 0.412. The molecule has 25 heavy (non-hydrogen) atoms. The second-order valence-electron chi connectivity index (χ2n) is 6.28. The van der Waals surface area contributed by atoms with Gasteiger partial charge in [-0.15, -0.1) is 0 Å². The van der Waals surface area contributed by atoms with E-state index in [0.29, 0.717) is 30.8 Å². The molecule has 1 aliphatic rings. The third-order valence-corrected chi connectivity index (χ3v) is 6.51. The zero-order valence-corrected chi connectivity index (χ0v) is 15.3. The van der Waals surface area contributed by atoms with Crippen LogP contribution < -0.4 is 5.32 Å². The predicted molar refractivity (Wildman–Crippen MR) is 92.7 cm³/mol. The molecule has 0 saturated carbocycles. The first-order valence-electron chi connectivity index (χ1n) is 8.13. The van der Waals surface area contributed by atoms with Crippen LogP contribution in [0.2, 0.25) is 0 Å². The molecule has 134 valence electrons. The maximum Gasteiger partial charge on any atom is 0.249 e. The van der Waals surface area contributed by atoms with Crippen LogP contribution >= 0.6 is 0 Å². The molecule has 1 unspecified atom stereocenters. The number of nitrogens with zero attached hydrogens (tertiary/aromatic N) is 2. The zero-order chi connectivity index (χ0) is 18.2. The number of rotatable bonds is 4. The Bertz CT molecular complexity index is 868. The molecule has 1 saturated heterocycles. The summed E-state index contributed by atoms with van der Waals surface area (Å²) in [4.78, 5) is 12.7. The van der Waals surface area contributed by atoms with E-state index in [2.05, 4.69) is 10.5 Å². The number of aryl methyl sites for hydroxylation is 3. The molecular formula is C17H21N3O4S. The van der Waals surface area contributed by atoms with Crippen molar-refractivity contribution in [3.8, 4) is 0 Å². The van der Waals surface area contributed by atoms with Crippen LogP contribution in [0.25, 0.3) is 0 Å². The quantitative estimate of drug-likeness (QED) is 0.900. The third-order valence-electron chi connectivity index (χ3n) is 4.36. The summed E-state index contributed by atoms with van der Waals surface area (Å²) in [5, 5.41) is 6.52. The first kappa shape index (κ1) is 17.6. The van der Waals surface area contributed by atoms with Crippen LogP contribution in [0.1, 0.15) is 29.9 Å². The molecule has 0 radical (unpaired) electrons. The fourth-order valence-electron chi connectivity index (χ4n) is 3.11. The lowest BCUT2D eigenvalue weighted by atomic mass is 10.2. The van der Waals surface area contributed by atoms with E-state index >= 15 is 0 Å². The Balaban J connectivity index is 1.85. The number of nitrogens with one attached hydrogen (secondary N) is 1. The Morgan fingerprint density at radius 2 is 1.92 bits per heavy atom. The summed E-state index contributed by atoms with van der Waals surface area (Å²) in [6, 6.07) is 6.65. The lowest BCUT2D eigenvalue weighted by Crippen LogP contribution is -2.43. The molecule has 0 bridgehead atoms. The first-order chi connectivity index (χ1) is 11.8. The maximum atomic E-state index is 13.0. The van der Waals surface area contributed by atoms with Crippen LogP contribution in [0.15, 0.2) is 33.7 Å². The summed E-state index contributed by atoms with van der Waals surface area (Å²) in [6.07, 6.45) is 1.12. The Labute approximate surface area is 147 Å². The Morgan fingerprint density at radius 3 is 2.52 bits per heavy atom. The number of hydrogen-bond donors (Lipinski definition) is 1. The SMILES string of the molecule is Cc1ccc(NC(=O)C2CCCN2S(=O)(=O)c2c(C)noc2C)cc1. The topological polar surface area (TPSA) is 92.5 Å². The molecule has 8 heteroatoms. The summed E-state index contributed by atoms with van der Waals surface area (Å²) in [7, 11) is -3.83. The van der Waals surface area contributed by atoms with Gasteiger partial charge in [0.2, 0.25) is 15.9 Å². The van der Waals surface area contributed by atoms with Gasteiger partial charge in [0.25, 0.3) is 0 Å². The predicted octanol–water partition coefficient (Wildman–Crippen LogP) is 2.39. The van der Waals surface area contributed by atoms with E-state index in [1.54, 1.807) is 26.0 Å². The summed E-state index contributed by atoms with van der Waals surface area (Å²) in [5.74, 6) is -0.0845. The van der Waals surface area contributed by atoms with Gasteiger partial charge in [0.15, 0.2) is 5.76 Å². The zero-order valence-electron chi connectivity index (χ0n) is 14.4. The second kappa shape index (κ2) is 6.61. The number of carbonyl (C=O) groups is 1. The fourth-order valence-corrected chi connectivity index (χ4v) is 5.06. The normalized spacial score (nSPS) is 18.4. The van der Waals surface area contributed by atoms with Gasteiger partial charge in [0.05, 0.1) is 0 Å². The van der Waals surface area contributed by atoms with Crippen molar-refractivity contribution in [1.29, 1.82) is 0 Å². The van der Waals surface area contributed by atoms with Gasteiger partial charge in [-0.1, -0.05) is 22.9 Å². The molecule has 2 aromatic rings. The Morgan fingerprint density at radius 1 is 1.24 bits per heavy atom. The summed E-state index contributed by atoms with van der Waals surface area (Å²) in [6.45, 7) is 5.41. The molecule has 1 atom stereocenters. The number of amides is 1. The molecule has 1 aromatic heterocycles. The molecule has 1 aliphatic heterocycles. The van der Waals surface area contributed by atoms with Crippen molar-refractivity contribution in [2.45, 2.75) is 44.6 Å². The summed E-state index contributed by atoms with van der Waals surface area (Å²) >= 11 is 0. The van der Waals surface area contributed by atoms with E-state index in [1.807, 2.05) is 19.1 Å². The van der Waals surface area contributed by atoms with Gasteiger partial charge in [0.1, 0.15) is 16.6 Å². The van der Waals surface area contributed by atoms with Crippen molar-refractivity contribution >= 4 is 21.6 Å². The monoisotopic (exact) mass is 363 g/mol. The number of aromatic nitrogens is 1. The van der Waals surface area contributed by atoms with E-state index in [1.165, 1.54) is 4.31 Å².